The number of nitrogens with zero attached hydrogens (tertiary/aromatic N) is 2. The third kappa shape index (κ3) is 3.03. The molecule has 0 N–H and O–H groups in total. The molecule has 60 valence electrons. The predicted octanol–water partition coefficient (Wildman–Crippen LogP) is 0.276. The van der Waals surface area contributed by atoms with E-state index in [1.807, 2.05) is 0 Å². The molecule has 1 rings (SSSR count). The lowest BCUT2D eigenvalue weighted by Gasteiger charge is -1.92. The highest BCUT2D eigenvalue weighted by atomic mass is 32.3. The van der Waals surface area contributed by atoms with Gasteiger partial charge in [0.2, 0.25) is 0 Å². The van der Waals surface area contributed by atoms with E-state index in [1.165, 1.54) is 18.6 Å². The van der Waals surface area contributed by atoms with Crippen molar-refractivity contribution in [3.63, 3.8) is 0 Å². The molecule has 0 aliphatic carbocycles. The summed E-state index contributed by atoms with van der Waals surface area (Å²) in [6, 6.07) is 0. The summed E-state index contributed by atoms with van der Waals surface area (Å²) in [5, 5.41) is 0. The summed E-state index contributed by atoms with van der Waals surface area (Å²) in [4.78, 5) is 7.16. The summed E-state index contributed by atoms with van der Waals surface area (Å²) in [6.07, 6.45) is 3.89. The van der Waals surface area contributed by atoms with Crippen LogP contribution in [0.1, 0.15) is 5.69 Å². The summed E-state index contributed by atoms with van der Waals surface area (Å²) in [5.41, 5.74) is 0.106. The number of hydrogen-bond donors (Lipinski definition) is 0. The molecule has 0 radical (unpaired) electrons. The third-order valence-corrected chi connectivity index (χ3v) is 1.58. The van der Waals surface area contributed by atoms with Gasteiger partial charge in [-0.2, -0.15) is 8.42 Å². The van der Waals surface area contributed by atoms with Gasteiger partial charge in [-0.05, 0) is 0 Å². The monoisotopic (exact) mass is 176 g/mol. The Kier molecular flexibility index (Phi) is 2.13. The molecule has 0 aliphatic rings. The first-order valence-electron chi connectivity index (χ1n) is 2.75. The van der Waals surface area contributed by atoms with E-state index >= 15 is 0 Å². The number of hydrogen-bond acceptors (Lipinski definition) is 4. The summed E-state index contributed by atoms with van der Waals surface area (Å²) >= 11 is 0. The maximum absolute atomic E-state index is 12.0. The van der Waals surface area contributed by atoms with Crippen LogP contribution >= 0.6 is 0 Å². The molecule has 0 amide bonds. The van der Waals surface area contributed by atoms with Crippen molar-refractivity contribution in [3.05, 3.63) is 24.3 Å². The SMILES string of the molecule is O=S(=O)(F)Cc1cnccn1. The van der Waals surface area contributed by atoms with Gasteiger partial charge in [-0.3, -0.25) is 9.97 Å². The fraction of sp³-hybridized carbons (Fsp3) is 0.200. The Labute approximate surface area is 63.3 Å². The van der Waals surface area contributed by atoms with Crippen LogP contribution in [0.25, 0.3) is 0 Å². The van der Waals surface area contributed by atoms with Crippen molar-refractivity contribution in [2.75, 3.05) is 0 Å². The van der Waals surface area contributed by atoms with Gasteiger partial charge >= 0.3 is 10.2 Å². The lowest BCUT2D eigenvalue weighted by Crippen LogP contribution is -1.98. The molecular weight excluding hydrogens is 171 g/mol. The minimum atomic E-state index is -4.48. The van der Waals surface area contributed by atoms with Crippen LogP contribution in [0.4, 0.5) is 3.89 Å². The highest BCUT2D eigenvalue weighted by Crippen LogP contribution is 2.01. The number of halogens is 1. The van der Waals surface area contributed by atoms with Gasteiger partial charge in [0.25, 0.3) is 0 Å². The van der Waals surface area contributed by atoms with Crippen LogP contribution in [-0.2, 0) is 16.0 Å². The number of aromatic nitrogens is 2. The second-order valence-electron chi connectivity index (χ2n) is 1.88. The molecule has 0 spiro atoms. The topological polar surface area (TPSA) is 59.9 Å². The van der Waals surface area contributed by atoms with E-state index in [2.05, 4.69) is 9.97 Å². The zero-order valence-corrected chi connectivity index (χ0v) is 6.25. The van der Waals surface area contributed by atoms with Crippen molar-refractivity contribution >= 4 is 10.2 Å². The summed E-state index contributed by atoms with van der Waals surface area (Å²) < 4.78 is 32.1. The molecule has 11 heavy (non-hydrogen) atoms. The second kappa shape index (κ2) is 2.91. The zero-order valence-electron chi connectivity index (χ0n) is 5.44. The molecule has 6 heteroatoms. The van der Waals surface area contributed by atoms with Gasteiger partial charge in [-0.25, -0.2) is 0 Å². The molecule has 0 fully saturated rings. The highest BCUT2D eigenvalue weighted by molar-refractivity contribution is 7.85. The molecule has 0 unspecified atom stereocenters. The highest BCUT2D eigenvalue weighted by Gasteiger charge is 2.08. The average molecular weight is 176 g/mol. The average Bonchev–Trinajstić information content (AvgIpc) is 1.85. The van der Waals surface area contributed by atoms with Gasteiger partial charge in [0.15, 0.2) is 0 Å². The van der Waals surface area contributed by atoms with E-state index in [1.54, 1.807) is 0 Å². The Morgan fingerprint density at radius 3 is 2.64 bits per heavy atom. The molecule has 0 saturated carbocycles. The largest absolute Gasteiger partial charge is 0.308 e. The van der Waals surface area contributed by atoms with E-state index in [0.717, 1.165) is 0 Å². The first-order valence-corrected chi connectivity index (χ1v) is 4.30. The third-order valence-electron chi connectivity index (χ3n) is 0.937. The maximum atomic E-state index is 12.0. The smallest absolute Gasteiger partial charge is 0.261 e. The van der Waals surface area contributed by atoms with Gasteiger partial charge in [-0.15, -0.1) is 3.89 Å². The van der Waals surface area contributed by atoms with Gasteiger partial charge in [0, 0.05) is 18.6 Å². The molecule has 0 saturated heterocycles. The van der Waals surface area contributed by atoms with Crippen molar-refractivity contribution in [2.24, 2.45) is 0 Å². The van der Waals surface area contributed by atoms with Gasteiger partial charge < -0.3 is 0 Å². The van der Waals surface area contributed by atoms with Crippen LogP contribution in [-0.4, -0.2) is 18.4 Å². The zero-order chi connectivity index (χ0) is 8.32. The van der Waals surface area contributed by atoms with Crippen LogP contribution in [0.15, 0.2) is 18.6 Å². The van der Waals surface area contributed by atoms with E-state index in [-0.39, 0.29) is 5.69 Å². The summed E-state index contributed by atoms with van der Waals surface area (Å²) in [5.74, 6) is -0.708. The molecule has 4 nitrogen and oxygen atoms in total. The molecule has 1 heterocycles. The first kappa shape index (κ1) is 8.06. The van der Waals surface area contributed by atoms with Gasteiger partial charge in [-0.1, -0.05) is 0 Å². The minimum absolute atomic E-state index is 0.106. The normalized spacial score (nSPS) is 11.4. The van der Waals surface area contributed by atoms with Crippen molar-refractivity contribution < 1.29 is 12.3 Å². The van der Waals surface area contributed by atoms with Crippen LogP contribution < -0.4 is 0 Å². The summed E-state index contributed by atoms with van der Waals surface area (Å²) in [6.45, 7) is 0. The Morgan fingerprint density at radius 2 is 2.18 bits per heavy atom. The molecule has 0 bridgehead atoms. The standard InChI is InChI=1S/C5H5FN2O2S/c6-11(9,10)4-5-3-7-1-2-8-5/h1-3H,4H2. The molecule has 0 aliphatic heterocycles. The maximum Gasteiger partial charge on any atom is 0.308 e. The Bertz CT molecular complexity index is 324. The van der Waals surface area contributed by atoms with E-state index in [9.17, 15) is 12.3 Å². The fourth-order valence-corrected chi connectivity index (χ4v) is 1.08. The lowest BCUT2D eigenvalue weighted by molar-refractivity contribution is 0.550. The molecule has 1 aromatic heterocycles. The Hall–Kier alpha value is -1.04. The number of rotatable bonds is 2. The van der Waals surface area contributed by atoms with Gasteiger partial charge in [0.05, 0.1) is 5.69 Å². The Balaban J connectivity index is 2.82. The van der Waals surface area contributed by atoms with E-state index in [0.29, 0.717) is 0 Å². The Morgan fingerprint density at radius 1 is 1.45 bits per heavy atom. The van der Waals surface area contributed by atoms with Crippen LogP contribution in [0.3, 0.4) is 0 Å². The van der Waals surface area contributed by atoms with Crippen LogP contribution in [0.5, 0.6) is 0 Å². The van der Waals surface area contributed by atoms with E-state index in [4.69, 9.17) is 0 Å². The minimum Gasteiger partial charge on any atom is -0.261 e. The molecular formula is C5H5FN2O2S. The van der Waals surface area contributed by atoms with Crippen molar-refractivity contribution in [2.45, 2.75) is 5.75 Å². The van der Waals surface area contributed by atoms with Crippen molar-refractivity contribution in [1.82, 2.24) is 9.97 Å². The fourth-order valence-electron chi connectivity index (χ4n) is 0.581. The quantitative estimate of drug-likeness (QED) is 0.607. The van der Waals surface area contributed by atoms with Gasteiger partial charge in [0.1, 0.15) is 5.75 Å². The van der Waals surface area contributed by atoms with Crippen LogP contribution in [0.2, 0.25) is 0 Å². The predicted molar refractivity (Wildman–Crippen MR) is 35.8 cm³/mol. The van der Waals surface area contributed by atoms with Crippen LogP contribution in [0, 0.1) is 0 Å². The molecule has 0 aromatic carbocycles. The second-order valence-corrected chi connectivity index (χ2v) is 3.25. The van der Waals surface area contributed by atoms with E-state index < -0.39 is 16.0 Å². The van der Waals surface area contributed by atoms with Crippen molar-refractivity contribution in [1.29, 1.82) is 0 Å². The first-order chi connectivity index (χ1) is 5.08. The molecule has 0 atom stereocenters. The molecule has 1 aromatic rings. The van der Waals surface area contributed by atoms with Crippen molar-refractivity contribution in [3.8, 4) is 0 Å². The lowest BCUT2D eigenvalue weighted by atomic mass is 10.5. The summed E-state index contributed by atoms with van der Waals surface area (Å²) in [7, 11) is -4.48.